The molecule has 0 aliphatic rings. The molecule has 5 heteroatoms. The number of methoxy groups -OCH3 is 3. The first-order valence-corrected chi connectivity index (χ1v) is 5.61. The van der Waals surface area contributed by atoms with E-state index in [1.165, 1.54) is 27.4 Å². The van der Waals surface area contributed by atoms with Crippen LogP contribution in [-0.2, 0) is 0 Å². The molecule has 1 N–H and O–H groups in total. The van der Waals surface area contributed by atoms with Crippen molar-refractivity contribution in [3.63, 3.8) is 0 Å². The molecule has 18 heavy (non-hydrogen) atoms. The molecular weight excluding hydrogens is 256 g/mol. The van der Waals surface area contributed by atoms with E-state index in [0.29, 0.717) is 33.0 Å². The minimum Gasteiger partial charge on any atom is -0.507 e. The molecule has 0 aromatic heterocycles. The van der Waals surface area contributed by atoms with Gasteiger partial charge in [0.05, 0.1) is 31.7 Å². The molecule has 0 saturated heterocycles. The summed E-state index contributed by atoms with van der Waals surface area (Å²) < 4.78 is 15.6. The van der Waals surface area contributed by atoms with Gasteiger partial charge in [-0.3, -0.25) is 0 Å². The van der Waals surface area contributed by atoms with E-state index < -0.39 is 0 Å². The smallest absolute Gasteiger partial charge is 0.149 e. The predicted molar refractivity (Wildman–Crippen MR) is 70.3 cm³/mol. The average Bonchev–Trinajstić information content (AvgIpc) is 2.38. The Kier molecular flexibility index (Phi) is 3.39. The van der Waals surface area contributed by atoms with Gasteiger partial charge in [0.15, 0.2) is 0 Å². The van der Waals surface area contributed by atoms with Crippen molar-refractivity contribution in [2.24, 2.45) is 0 Å². The number of hydrogen-bond acceptors (Lipinski definition) is 4. The number of aromatic hydroxyl groups is 1. The lowest BCUT2D eigenvalue weighted by molar-refractivity contribution is 0.400. The second kappa shape index (κ2) is 4.82. The van der Waals surface area contributed by atoms with Crippen LogP contribution in [0.5, 0.6) is 23.0 Å². The molecule has 0 atom stereocenters. The number of halogens is 1. The maximum atomic E-state index is 10.1. The summed E-state index contributed by atoms with van der Waals surface area (Å²) in [5.41, 5.74) is 0. The number of fused-ring (bicyclic) bond motifs is 1. The largest absolute Gasteiger partial charge is 0.507 e. The maximum Gasteiger partial charge on any atom is 0.149 e. The summed E-state index contributed by atoms with van der Waals surface area (Å²) >= 11 is 6.09. The van der Waals surface area contributed by atoms with Crippen LogP contribution in [0.25, 0.3) is 10.8 Å². The summed E-state index contributed by atoms with van der Waals surface area (Å²) in [7, 11) is 4.56. The van der Waals surface area contributed by atoms with Gasteiger partial charge in [0.1, 0.15) is 23.0 Å². The predicted octanol–water partition coefficient (Wildman–Crippen LogP) is 3.22. The van der Waals surface area contributed by atoms with Crippen molar-refractivity contribution in [2.45, 2.75) is 0 Å². The van der Waals surface area contributed by atoms with E-state index in [9.17, 15) is 5.11 Å². The summed E-state index contributed by atoms with van der Waals surface area (Å²) in [6, 6.07) is 4.90. The minimum atomic E-state index is 0.0296. The summed E-state index contributed by atoms with van der Waals surface area (Å²) in [6.07, 6.45) is 0. The number of ether oxygens (including phenoxy) is 3. The maximum absolute atomic E-state index is 10.1. The molecule has 0 aliphatic carbocycles. The molecule has 0 spiro atoms. The van der Waals surface area contributed by atoms with Crippen LogP contribution in [-0.4, -0.2) is 26.4 Å². The van der Waals surface area contributed by atoms with Crippen molar-refractivity contribution in [3.05, 3.63) is 23.2 Å². The normalized spacial score (nSPS) is 10.4. The number of rotatable bonds is 3. The fourth-order valence-electron chi connectivity index (χ4n) is 1.90. The van der Waals surface area contributed by atoms with Crippen molar-refractivity contribution in [2.75, 3.05) is 21.3 Å². The van der Waals surface area contributed by atoms with E-state index in [1.54, 1.807) is 12.1 Å². The molecule has 0 amide bonds. The van der Waals surface area contributed by atoms with Gasteiger partial charge >= 0.3 is 0 Å². The Bertz CT molecular complexity index is 595. The molecule has 0 bridgehead atoms. The number of benzene rings is 2. The SMILES string of the molecule is COc1cc(O)c2c(OC)c(Cl)cc(OC)c2c1. The lowest BCUT2D eigenvalue weighted by Gasteiger charge is -2.14. The molecule has 96 valence electrons. The second-order valence-electron chi connectivity index (χ2n) is 3.66. The van der Waals surface area contributed by atoms with Gasteiger partial charge in [-0.15, -0.1) is 0 Å². The summed E-state index contributed by atoms with van der Waals surface area (Å²) in [5, 5.41) is 11.6. The molecule has 2 aromatic carbocycles. The van der Waals surface area contributed by atoms with E-state index in [2.05, 4.69) is 0 Å². The fraction of sp³-hybridized carbons (Fsp3) is 0.231. The van der Waals surface area contributed by atoms with Crippen molar-refractivity contribution in [1.29, 1.82) is 0 Å². The van der Waals surface area contributed by atoms with E-state index in [1.807, 2.05) is 0 Å². The van der Waals surface area contributed by atoms with Crippen molar-refractivity contribution >= 4 is 22.4 Å². The van der Waals surface area contributed by atoms with Gasteiger partial charge in [0, 0.05) is 17.5 Å². The molecule has 4 nitrogen and oxygen atoms in total. The fourth-order valence-corrected chi connectivity index (χ4v) is 2.17. The van der Waals surface area contributed by atoms with Crippen molar-refractivity contribution in [3.8, 4) is 23.0 Å². The van der Waals surface area contributed by atoms with Crippen LogP contribution in [0.1, 0.15) is 0 Å². The van der Waals surface area contributed by atoms with Gasteiger partial charge in [-0.2, -0.15) is 0 Å². The first-order chi connectivity index (χ1) is 8.62. The zero-order valence-electron chi connectivity index (χ0n) is 10.3. The first kappa shape index (κ1) is 12.6. The molecule has 2 rings (SSSR count). The van der Waals surface area contributed by atoms with Crippen LogP contribution >= 0.6 is 11.6 Å². The van der Waals surface area contributed by atoms with Gasteiger partial charge in [-0.25, -0.2) is 0 Å². The Hall–Kier alpha value is -1.81. The Balaban J connectivity index is 2.92. The van der Waals surface area contributed by atoms with E-state index in [0.717, 1.165) is 0 Å². The lowest BCUT2D eigenvalue weighted by atomic mass is 10.1. The average molecular weight is 269 g/mol. The van der Waals surface area contributed by atoms with Crippen molar-refractivity contribution in [1.82, 2.24) is 0 Å². The van der Waals surface area contributed by atoms with Gasteiger partial charge < -0.3 is 19.3 Å². The van der Waals surface area contributed by atoms with Gasteiger partial charge in [0.25, 0.3) is 0 Å². The van der Waals surface area contributed by atoms with Gasteiger partial charge in [-0.05, 0) is 6.07 Å². The molecule has 0 fully saturated rings. The highest BCUT2D eigenvalue weighted by atomic mass is 35.5. The number of phenolic OH excluding ortho intramolecular Hbond substituents is 1. The number of phenols is 1. The monoisotopic (exact) mass is 268 g/mol. The van der Waals surface area contributed by atoms with Gasteiger partial charge in [0.2, 0.25) is 0 Å². The zero-order valence-corrected chi connectivity index (χ0v) is 11.0. The highest BCUT2D eigenvalue weighted by Crippen LogP contribution is 2.45. The van der Waals surface area contributed by atoms with Crippen LogP contribution in [0.2, 0.25) is 5.02 Å². The Morgan fingerprint density at radius 2 is 1.72 bits per heavy atom. The van der Waals surface area contributed by atoms with Crippen LogP contribution in [0.3, 0.4) is 0 Å². The molecular formula is C13H13ClO4. The van der Waals surface area contributed by atoms with Gasteiger partial charge in [-0.1, -0.05) is 11.6 Å². The summed E-state index contributed by atoms with van der Waals surface area (Å²) in [6.45, 7) is 0. The van der Waals surface area contributed by atoms with E-state index in [4.69, 9.17) is 25.8 Å². The van der Waals surface area contributed by atoms with E-state index in [-0.39, 0.29) is 5.75 Å². The Morgan fingerprint density at radius 1 is 1.00 bits per heavy atom. The quantitative estimate of drug-likeness (QED) is 0.928. The third-order valence-electron chi connectivity index (χ3n) is 2.72. The Labute approximate surface area is 110 Å². The second-order valence-corrected chi connectivity index (χ2v) is 4.07. The van der Waals surface area contributed by atoms with Crippen LogP contribution in [0, 0.1) is 0 Å². The summed E-state index contributed by atoms with van der Waals surface area (Å²) in [5.74, 6) is 1.52. The minimum absolute atomic E-state index is 0.0296. The molecule has 2 aromatic rings. The molecule has 0 aliphatic heterocycles. The van der Waals surface area contributed by atoms with Crippen LogP contribution in [0.15, 0.2) is 18.2 Å². The van der Waals surface area contributed by atoms with Crippen LogP contribution < -0.4 is 14.2 Å². The highest BCUT2D eigenvalue weighted by molar-refractivity contribution is 6.34. The third kappa shape index (κ3) is 1.88. The molecule has 0 heterocycles. The zero-order chi connectivity index (χ0) is 13.3. The summed E-state index contributed by atoms with van der Waals surface area (Å²) in [4.78, 5) is 0. The molecule has 0 unspecified atom stereocenters. The lowest BCUT2D eigenvalue weighted by Crippen LogP contribution is -1.92. The Morgan fingerprint density at radius 3 is 2.28 bits per heavy atom. The highest BCUT2D eigenvalue weighted by Gasteiger charge is 2.17. The number of hydrogen-bond donors (Lipinski definition) is 1. The van der Waals surface area contributed by atoms with E-state index >= 15 is 0 Å². The molecule has 0 radical (unpaired) electrons. The topological polar surface area (TPSA) is 47.9 Å². The molecule has 0 saturated carbocycles. The standard InChI is InChI=1S/C13H13ClO4/c1-16-7-4-8-11(17-2)6-9(14)13(18-3)12(8)10(15)5-7/h4-6,15H,1-3H3. The third-order valence-corrected chi connectivity index (χ3v) is 3.00. The first-order valence-electron chi connectivity index (χ1n) is 5.23. The van der Waals surface area contributed by atoms with Crippen LogP contribution in [0.4, 0.5) is 0 Å². The van der Waals surface area contributed by atoms with Crippen molar-refractivity contribution < 1.29 is 19.3 Å².